The highest BCUT2D eigenvalue weighted by molar-refractivity contribution is 6.30. The first-order chi connectivity index (χ1) is 11.9. The molecule has 25 heavy (non-hydrogen) atoms. The fourth-order valence-electron chi connectivity index (χ4n) is 2.89. The van der Waals surface area contributed by atoms with Crippen LogP contribution in [-0.4, -0.2) is 40.0 Å². The minimum Gasteiger partial charge on any atom is -0.481 e. The van der Waals surface area contributed by atoms with Crippen LogP contribution in [-0.2, 0) is 16.0 Å². The summed E-state index contributed by atoms with van der Waals surface area (Å²) in [5.74, 6) is 0.177. The highest BCUT2D eigenvalue weighted by atomic mass is 35.5. The molecule has 6 nitrogen and oxygen atoms in total. The van der Waals surface area contributed by atoms with Gasteiger partial charge in [-0.15, -0.1) is 0 Å². The van der Waals surface area contributed by atoms with Crippen LogP contribution in [0.25, 0.3) is 11.3 Å². The number of nitrogens with zero attached hydrogens (tertiary/aromatic N) is 2. The van der Waals surface area contributed by atoms with Crippen molar-refractivity contribution in [2.24, 2.45) is 5.41 Å². The molecule has 1 saturated heterocycles. The fourth-order valence-corrected chi connectivity index (χ4v) is 3.02. The van der Waals surface area contributed by atoms with Crippen molar-refractivity contribution in [3.8, 4) is 11.3 Å². The number of amides is 1. The molecular formula is C18H19ClN2O4. The molecule has 1 atom stereocenters. The van der Waals surface area contributed by atoms with Gasteiger partial charge < -0.3 is 14.4 Å². The monoisotopic (exact) mass is 362 g/mol. The second-order valence-electron chi connectivity index (χ2n) is 6.56. The number of halogens is 1. The van der Waals surface area contributed by atoms with Crippen molar-refractivity contribution >= 4 is 23.5 Å². The van der Waals surface area contributed by atoms with Crippen LogP contribution in [0.1, 0.15) is 25.7 Å². The van der Waals surface area contributed by atoms with Gasteiger partial charge in [0.2, 0.25) is 5.91 Å². The Morgan fingerprint density at radius 2 is 2.08 bits per heavy atom. The molecule has 1 N–H and O–H groups in total. The van der Waals surface area contributed by atoms with Crippen molar-refractivity contribution in [3.63, 3.8) is 0 Å². The first-order valence-electron chi connectivity index (χ1n) is 8.09. The molecule has 0 unspecified atom stereocenters. The van der Waals surface area contributed by atoms with Crippen molar-refractivity contribution < 1.29 is 19.1 Å². The molecule has 1 aromatic heterocycles. The van der Waals surface area contributed by atoms with Crippen molar-refractivity contribution in [2.45, 2.75) is 26.2 Å². The maximum Gasteiger partial charge on any atom is 0.311 e. The SMILES string of the molecule is C[C@]1(C(=O)O)CCN(C(=O)CCc2ncc(-c3ccc(Cl)cc3)o2)C1. The number of aromatic nitrogens is 1. The Hall–Kier alpha value is -2.34. The predicted octanol–water partition coefficient (Wildman–Crippen LogP) is 3.25. The third kappa shape index (κ3) is 3.85. The molecule has 0 saturated carbocycles. The van der Waals surface area contributed by atoms with Crippen LogP contribution >= 0.6 is 11.6 Å². The van der Waals surface area contributed by atoms with Crippen LogP contribution < -0.4 is 0 Å². The average Bonchev–Trinajstić information content (AvgIpc) is 3.21. The van der Waals surface area contributed by atoms with E-state index in [2.05, 4.69) is 4.98 Å². The summed E-state index contributed by atoms with van der Waals surface area (Å²) in [5.41, 5.74) is 0.0200. The molecular weight excluding hydrogens is 344 g/mol. The van der Waals surface area contributed by atoms with E-state index in [4.69, 9.17) is 16.0 Å². The number of hydrogen-bond donors (Lipinski definition) is 1. The Balaban J connectivity index is 1.57. The zero-order valence-electron chi connectivity index (χ0n) is 13.9. The van der Waals surface area contributed by atoms with Crippen LogP contribution in [0.5, 0.6) is 0 Å². The molecule has 1 aromatic carbocycles. The van der Waals surface area contributed by atoms with Gasteiger partial charge in [-0.05, 0) is 37.6 Å². The van der Waals surface area contributed by atoms with Crippen LogP contribution in [0.15, 0.2) is 34.9 Å². The quantitative estimate of drug-likeness (QED) is 0.882. The third-order valence-corrected chi connectivity index (χ3v) is 4.83. The number of carbonyl (C=O) groups is 2. The molecule has 1 amide bonds. The molecule has 2 aromatic rings. The number of carboxylic acids is 1. The molecule has 1 fully saturated rings. The number of hydrogen-bond acceptors (Lipinski definition) is 4. The smallest absolute Gasteiger partial charge is 0.311 e. The lowest BCUT2D eigenvalue weighted by Gasteiger charge is -2.19. The number of oxazole rings is 1. The van der Waals surface area contributed by atoms with E-state index < -0.39 is 11.4 Å². The molecule has 0 spiro atoms. The Kier molecular flexibility index (Phi) is 4.81. The summed E-state index contributed by atoms with van der Waals surface area (Å²) >= 11 is 5.87. The molecule has 3 rings (SSSR count). The number of likely N-dealkylation sites (tertiary alicyclic amines) is 1. The van der Waals surface area contributed by atoms with Gasteiger partial charge in [0.25, 0.3) is 0 Å². The molecule has 2 heterocycles. The van der Waals surface area contributed by atoms with Gasteiger partial charge in [0.05, 0.1) is 11.6 Å². The Morgan fingerprint density at radius 1 is 1.36 bits per heavy atom. The van der Waals surface area contributed by atoms with Crippen molar-refractivity contribution in [1.82, 2.24) is 9.88 Å². The highest BCUT2D eigenvalue weighted by Crippen LogP contribution is 2.30. The lowest BCUT2D eigenvalue weighted by molar-refractivity contribution is -0.147. The molecule has 7 heteroatoms. The van der Waals surface area contributed by atoms with Gasteiger partial charge in [0.15, 0.2) is 11.7 Å². The Labute approximate surface area is 150 Å². The van der Waals surface area contributed by atoms with E-state index in [9.17, 15) is 14.7 Å². The van der Waals surface area contributed by atoms with E-state index in [1.165, 1.54) is 0 Å². The van der Waals surface area contributed by atoms with Crippen LogP contribution in [0.3, 0.4) is 0 Å². The van der Waals surface area contributed by atoms with Gasteiger partial charge in [-0.1, -0.05) is 11.6 Å². The van der Waals surface area contributed by atoms with Gasteiger partial charge in [-0.3, -0.25) is 9.59 Å². The van der Waals surface area contributed by atoms with Crippen molar-refractivity contribution in [3.05, 3.63) is 41.4 Å². The second-order valence-corrected chi connectivity index (χ2v) is 6.99. The molecule has 1 aliphatic rings. The largest absolute Gasteiger partial charge is 0.481 e. The van der Waals surface area contributed by atoms with Crippen molar-refractivity contribution in [2.75, 3.05) is 13.1 Å². The second kappa shape index (κ2) is 6.88. The lowest BCUT2D eigenvalue weighted by Crippen LogP contribution is -2.34. The van der Waals surface area contributed by atoms with Crippen LogP contribution in [0.2, 0.25) is 5.02 Å². The van der Waals surface area contributed by atoms with Gasteiger partial charge >= 0.3 is 5.97 Å². The van der Waals surface area contributed by atoms with Gasteiger partial charge in [-0.25, -0.2) is 4.98 Å². The first kappa shape index (κ1) is 17.5. The number of carboxylic acid groups (broad SMARTS) is 1. The van der Waals surface area contributed by atoms with Gasteiger partial charge in [0.1, 0.15) is 0 Å². The van der Waals surface area contributed by atoms with Gasteiger partial charge in [0, 0.05) is 36.5 Å². The zero-order valence-corrected chi connectivity index (χ0v) is 14.6. The Bertz CT molecular complexity index is 787. The number of rotatable bonds is 5. The predicted molar refractivity (Wildman–Crippen MR) is 92.2 cm³/mol. The van der Waals surface area contributed by atoms with E-state index in [0.29, 0.717) is 36.1 Å². The standard InChI is InChI=1S/C18H19ClN2O4/c1-18(17(23)24)8-9-21(11-18)16(22)7-6-15-20-10-14(25-15)12-2-4-13(19)5-3-12/h2-5,10H,6-9,11H2,1H3,(H,23,24)/t18-/m0/s1. The fraction of sp³-hybridized carbons (Fsp3) is 0.389. The number of aliphatic carboxylic acids is 1. The summed E-state index contributed by atoms with van der Waals surface area (Å²) in [7, 11) is 0. The van der Waals surface area contributed by atoms with E-state index in [0.717, 1.165) is 5.56 Å². The lowest BCUT2D eigenvalue weighted by atomic mass is 9.90. The summed E-state index contributed by atoms with van der Waals surface area (Å²) in [4.78, 5) is 29.4. The van der Waals surface area contributed by atoms with E-state index in [1.54, 1.807) is 30.2 Å². The molecule has 0 aliphatic carbocycles. The van der Waals surface area contributed by atoms with E-state index in [1.807, 2.05) is 12.1 Å². The molecule has 1 aliphatic heterocycles. The molecule has 132 valence electrons. The zero-order chi connectivity index (χ0) is 18.0. The first-order valence-corrected chi connectivity index (χ1v) is 8.47. The minimum absolute atomic E-state index is 0.0729. The maximum atomic E-state index is 12.3. The summed E-state index contributed by atoms with van der Waals surface area (Å²) in [6.45, 7) is 2.40. The van der Waals surface area contributed by atoms with Crippen molar-refractivity contribution in [1.29, 1.82) is 0 Å². The highest BCUT2D eigenvalue weighted by Gasteiger charge is 2.41. The number of aryl methyl sites for hydroxylation is 1. The van der Waals surface area contributed by atoms with Gasteiger partial charge in [-0.2, -0.15) is 0 Å². The topological polar surface area (TPSA) is 83.6 Å². The van der Waals surface area contributed by atoms with Crippen LogP contribution in [0.4, 0.5) is 0 Å². The molecule has 0 bridgehead atoms. The average molecular weight is 363 g/mol. The minimum atomic E-state index is -0.858. The molecule has 0 radical (unpaired) electrons. The number of benzene rings is 1. The van der Waals surface area contributed by atoms with E-state index >= 15 is 0 Å². The summed E-state index contributed by atoms with van der Waals surface area (Å²) in [6, 6.07) is 7.23. The Morgan fingerprint density at radius 3 is 2.72 bits per heavy atom. The third-order valence-electron chi connectivity index (χ3n) is 4.58. The summed E-state index contributed by atoms with van der Waals surface area (Å²) < 4.78 is 5.68. The van der Waals surface area contributed by atoms with Crippen LogP contribution in [0, 0.1) is 5.41 Å². The summed E-state index contributed by atoms with van der Waals surface area (Å²) in [6.07, 6.45) is 2.73. The maximum absolute atomic E-state index is 12.3. The van der Waals surface area contributed by atoms with E-state index in [-0.39, 0.29) is 18.9 Å². The normalized spacial score (nSPS) is 20.0. The summed E-state index contributed by atoms with van der Waals surface area (Å²) in [5, 5.41) is 9.88. The number of carbonyl (C=O) groups excluding carboxylic acids is 1.